The lowest BCUT2D eigenvalue weighted by Gasteiger charge is -2.07. The average molecular weight is 345 g/mol. The average Bonchev–Trinajstić information content (AvgIpc) is 2.42. The van der Waals surface area contributed by atoms with Gasteiger partial charge in [-0.25, -0.2) is 8.42 Å². The zero-order chi connectivity index (χ0) is 16.9. The van der Waals surface area contributed by atoms with E-state index in [1.54, 1.807) is 0 Å². The van der Waals surface area contributed by atoms with Crippen LogP contribution in [-0.2, 0) is 9.84 Å². The molecule has 0 unspecified atom stereocenters. The molecule has 0 spiro atoms. The van der Waals surface area contributed by atoms with Gasteiger partial charge in [0.05, 0.1) is 5.75 Å². The largest absolute Gasteiger partial charge is 0.497 e. The van der Waals surface area contributed by atoms with Gasteiger partial charge in [-0.2, -0.15) is 13.2 Å². The summed E-state index contributed by atoms with van der Waals surface area (Å²) in [6.07, 6.45) is 11.9. The number of unbranched alkanes of at least 4 members (excludes halogenated alkanes) is 11. The fourth-order valence-electron chi connectivity index (χ4n) is 2.32. The van der Waals surface area contributed by atoms with Crippen molar-refractivity contribution in [3.8, 4) is 0 Å². The fraction of sp³-hybridized carbons (Fsp3) is 1.00. The van der Waals surface area contributed by atoms with Gasteiger partial charge in [-0.15, -0.1) is 0 Å². The maximum Gasteiger partial charge on any atom is 0.497 e. The van der Waals surface area contributed by atoms with Crippen LogP contribution in [0.25, 0.3) is 0 Å². The van der Waals surface area contributed by atoms with Crippen molar-refractivity contribution in [2.24, 2.45) is 5.73 Å². The van der Waals surface area contributed by atoms with Crippen molar-refractivity contribution in [2.45, 2.75) is 82.6 Å². The van der Waals surface area contributed by atoms with E-state index >= 15 is 0 Å². The molecule has 0 saturated heterocycles. The molecule has 0 aliphatic heterocycles. The second-order valence-corrected chi connectivity index (χ2v) is 7.90. The smallest absolute Gasteiger partial charge is 0.330 e. The van der Waals surface area contributed by atoms with Crippen LogP contribution in [0.1, 0.15) is 77.0 Å². The number of sulfone groups is 1. The molecular weight excluding hydrogens is 315 g/mol. The zero-order valence-corrected chi connectivity index (χ0v) is 14.2. The molecule has 0 heterocycles. The molecule has 0 fully saturated rings. The van der Waals surface area contributed by atoms with Crippen LogP contribution >= 0.6 is 0 Å². The molecule has 7 heteroatoms. The normalized spacial score (nSPS) is 12.7. The Kier molecular flexibility index (Phi) is 12.0. The first-order valence-electron chi connectivity index (χ1n) is 8.30. The number of nitrogens with two attached hydrogens (primary N) is 1. The third-order valence-electron chi connectivity index (χ3n) is 3.72. The number of hydrogen-bond acceptors (Lipinski definition) is 3. The number of alkyl halides is 3. The van der Waals surface area contributed by atoms with E-state index in [9.17, 15) is 21.6 Å². The molecule has 3 nitrogen and oxygen atoms in total. The highest BCUT2D eigenvalue weighted by atomic mass is 32.2. The van der Waals surface area contributed by atoms with Crippen molar-refractivity contribution in [3.05, 3.63) is 0 Å². The minimum absolute atomic E-state index is 0.100. The minimum atomic E-state index is -5.10. The first kappa shape index (κ1) is 21.7. The molecule has 0 bridgehead atoms. The highest BCUT2D eigenvalue weighted by Gasteiger charge is 2.44. The highest BCUT2D eigenvalue weighted by molar-refractivity contribution is 7.92. The van der Waals surface area contributed by atoms with Gasteiger partial charge in [-0.05, 0) is 19.4 Å². The predicted octanol–water partition coefficient (Wildman–Crippen LogP) is 4.56. The highest BCUT2D eigenvalue weighted by Crippen LogP contribution is 2.24. The van der Waals surface area contributed by atoms with E-state index in [4.69, 9.17) is 5.73 Å². The number of halogens is 3. The van der Waals surface area contributed by atoms with Crippen molar-refractivity contribution in [1.82, 2.24) is 0 Å². The van der Waals surface area contributed by atoms with E-state index in [0.29, 0.717) is 6.42 Å². The molecule has 0 amide bonds. The van der Waals surface area contributed by atoms with Gasteiger partial charge in [-0.3, -0.25) is 0 Å². The Bertz CT molecular complexity index is 356. The molecule has 0 saturated carbocycles. The third-order valence-corrected chi connectivity index (χ3v) is 5.25. The van der Waals surface area contributed by atoms with E-state index in [1.807, 2.05) is 0 Å². The standard InChI is InChI=1S/C15H30F3NO2S/c16-15(17,18)22(20,21)14-12-10-8-6-4-2-1-3-5-7-9-11-13-19/h1-14,19H2. The lowest BCUT2D eigenvalue weighted by molar-refractivity contribution is -0.0435. The third kappa shape index (κ3) is 11.3. The second kappa shape index (κ2) is 12.2. The van der Waals surface area contributed by atoms with Gasteiger partial charge >= 0.3 is 5.51 Å². The lowest BCUT2D eigenvalue weighted by Crippen LogP contribution is -2.26. The van der Waals surface area contributed by atoms with Crippen LogP contribution in [-0.4, -0.2) is 26.2 Å². The quantitative estimate of drug-likeness (QED) is 0.469. The molecule has 0 aliphatic rings. The summed E-state index contributed by atoms with van der Waals surface area (Å²) in [7, 11) is -4.92. The molecule has 0 radical (unpaired) electrons. The van der Waals surface area contributed by atoms with Crippen LogP contribution < -0.4 is 5.73 Å². The Morgan fingerprint density at radius 2 is 0.955 bits per heavy atom. The van der Waals surface area contributed by atoms with Gasteiger partial charge in [0.1, 0.15) is 0 Å². The molecule has 0 atom stereocenters. The van der Waals surface area contributed by atoms with Crippen LogP contribution in [0, 0.1) is 0 Å². The number of rotatable bonds is 14. The molecule has 2 N–H and O–H groups in total. The van der Waals surface area contributed by atoms with E-state index in [0.717, 1.165) is 38.6 Å². The Balaban J connectivity index is 3.31. The molecule has 0 aromatic carbocycles. The van der Waals surface area contributed by atoms with Crippen molar-refractivity contribution < 1.29 is 21.6 Å². The maximum absolute atomic E-state index is 12.1. The SMILES string of the molecule is NCCCCCCCCCCCCCCS(=O)(=O)C(F)(F)F. The Labute approximate surface area is 132 Å². The minimum Gasteiger partial charge on any atom is -0.330 e. The molecule has 0 aliphatic carbocycles. The van der Waals surface area contributed by atoms with Gasteiger partial charge in [0, 0.05) is 0 Å². The molecule has 0 aromatic rings. The summed E-state index contributed by atoms with van der Waals surface area (Å²) in [6.45, 7) is 0.768. The zero-order valence-electron chi connectivity index (χ0n) is 13.3. The van der Waals surface area contributed by atoms with Crippen LogP contribution in [0.4, 0.5) is 13.2 Å². The van der Waals surface area contributed by atoms with E-state index in [1.165, 1.54) is 32.1 Å². The first-order chi connectivity index (χ1) is 10.3. The van der Waals surface area contributed by atoms with E-state index in [-0.39, 0.29) is 6.42 Å². The Hall–Kier alpha value is -0.300. The van der Waals surface area contributed by atoms with Gasteiger partial charge in [0.2, 0.25) is 9.84 Å². The Morgan fingerprint density at radius 1 is 0.636 bits per heavy atom. The van der Waals surface area contributed by atoms with Crippen molar-refractivity contribution in [2.75, 3.05) is 12.3 Å². The molecule has 134 valence electrons. The van der Waals surface area contributed by atoms with E-state index in [2.05, 4.69) is 0 Å². The Morgan fingerprint density at radius 3 is 1.27 bits per heavy atom. The van der Waals surface area contributed by atoms with Crippen molar-refractivity contribution in [3.63, 3.8) is 0 Å². The number of hydrogen-bond donors (Lipinski definition) is 1. The summed E-state index contributed by atoms with van der Waals surface area (Å²) < 4.78 is 57.9. The van der Waals surface area contributed by atoms with Crippen LogP contribution in [0.15, 0.2) is 0 Å². The monoisotopic (exact) mass is 345 g/mol. The summed E-state index contributed by atoms with van der Waals surface area (Å²) in [6, 6.07) is 0. The van der Waals surface area contributed by atoms with E-state index < -0.39 is 21.1 Å². The van der Waals surface area contributed by atoms with Crippen molar-refractivity contribution >= 4 is 9.84 Å². The predicted molar refractivity (Wildman–Crippen MR) is 84.3 cm³/mol. The summed E-state index contributed by atoms with van der Waals surface area (Å²) >= 11 is 0. The molecule has 0 aromatic heterocycles. The van der Waals surface area contributed by atoms with Crippen molar-refractivity contribution in [1.29, 1.82) is 0 Å². The summed E-state index contributed by atoms with van der Waals surface area (Å²) in [5.41, 5.74) is 0.315. The van der Waals surface area contributed by atoms with Crippen LogP contribution in [0.5, 0.6) is 0 Å². The molecule has 22 heavy (non-hydrogen) atoms. The topological polar surface area (TPSA) is 60.2 Å². The molecular formula is C15H30F3NO2S. The van der Waals surface area contributed by atoms with Gasteiger partial charge in [0.25, 0.3) is 0 Å². The fourth-order valence-corrected chi connectivity index (χ4v) is 3.14. The van der Waals surface area contributed by atoms with Crippen LogP contribution in [0.3, 0.4) is 0 Å². The summed E-state index contributed by atoms with van der Waals surface area (Å²) in [5.74, 6) is -0.778. The molecule has 0 rings (SSSR count). The van der Waals surface area contributed by atoms with Gasteiger partial charge < -0.3 is 5.73 Å². The van der Waals surface area contributed by atoms with Crippen LogP contribution in [0.2, 0.25) is 0 Å². The van der Waals surface area contributed by atoms with Gasteiger partial charge in [0.15, 0.2) is 0 Å². The van der Waals surface area contributed by atoms with Gasteiger partial charge in [-0.1, -0.05) is 64.2 Å². The maximum atomic E-state index is 12.1. The first-order valence-corrected chi connectivity index (χ1v) is 9.95. The lowest BCUT2D eigenvalue weighted by atomic mass is 10.1. The second-order valence-electron chi connectivity index (χ2n) is 5.80. The summed E-state index contributed by atoms with van der Waals surface area (Å²) in [5, 5.41) is 0. The summed E-state index contributed by atoms with van der Waals surface area (Å²) in [4.78, 5) is 0.